The maximum Gasteiger partial charge on any atom is 0.434 e. The number of halogens is 6. The van der Waals surface area contributed by atoms with Crippen LogP contribution in [0, 0.1) is 5.82 Å². The van der Waals surface area contributed by atoms with Gasteiger partial charge in [0.05, 0.1) is 11.9 Å². The van der Waals surface area contributed by atoms with Crippen LogP contribution in [0.2, 0.25) is 10.4 Å². The molecule has 0 saturated carbocycles. The lowest BCUT2D eigenvalue weighted by Crippen LogP contribution is -2.34. The zero-order valence-electron chi connectivity index (χ0n) is 12.7. The Morgan fingerprint density at radius 3 is 2.58 bits per heavy atom. The summed E-state index contributed by atoms with van der Waals surface area (Å²) in [7, 11) is 0. The van der Waals surface area contributed by atoms with Crippen molar-refractivity contribution in [1.29, 1.82) is 0 Å². The average molecular weight is 407 g/mol. The van der Waals surface area contributed by atoms with Gasteiger partial charge in [-0.1, -0.05) is 11.6 Å². The summed E-state index contributed by atoms with van der Waals surface area (Å²) < 4.78 is 54.2. The number of alkyl halides is 3. The smallest absolute Gasteiger partial charge is 0.347 e. The Morgan fingerprint density at radius 1 is 1.08 bits per heavy atom. The number of hydrogen-bond donors (Lipinski definition) is 0. The maximum atomic E-state index is 14.2. The van der Waals surface area contributed by atoms with Crippen molar-refractivity contribution in [2.75, 3.05) is 11.4 Å². The van der Waals surface area contributed by atoms with Gasteiger partial charge in [-0.25, -0.2) is 19.3 Å². The summed E-state index contributed by atoms with van der Waals surface area (Å²) in [6.45, 7) is 0.626. The number of pyridine rings is 1. The fraction of sp³-hybridized carbons (Fsp3) is 0.286. The summed E-state index contributed by atoms with van der Waals surface area (Å²) >= 11 is 11.6. The van der Waals surface area contributed by atoms with Gasteiger partial charge in [0.2, 0.25) is 5.28 Å². The van der Waals surface area contributed by atoms with Crippen molar-refractivity contribution < 1.29 is 17.6 Å². The van der Waals surface area contributed by atoms with E-state index in [1.807, 2.05) is 0 Å². The molecule has 0 aliphatic carbocycles. The predicted octanol–water partition coefficient (Wildman–Crippen LogP) is 3.71. The molecule has 4 heterocycles. The van der Waals surface area contributed by atoms with E-state index >= 15 is 0 Å². The van der Waals surface area contributed by atoms with Crippen LogP contribution in [0.25, 0.3) is 10.9 Å². The summed E-state index contributed by atoms with van der Waals surface area (Å²) in [5, 5.41) is -0.312. The molecule has 136 valence electrons. The van der Waals surface area contributed by atoms with E-state index in [0.717, 1.165) is 6.20 Å². The van der Waals surface area contributed by atoms with E-state index in [4.69, 9.17) is 23.2 Å². The molecule has 3 aromatic heterocycles. The Hall–Kier alpha value is -2.20. The van der Waals surface area contributed by atoms with E-state index in [1.54, 1.807) is 4.90 Å². The first-order chi connectivity index (χ1) is 12.2. The van der Waals surface area contributed by atoms with Crippen molar-refractivity contribution in [3.8, 4) is 0 Å². The summed E-state index contributed by atoms with van der Waals surface area (Å²) in [6.07, 6.45) is -2.25. The zero-order valence-corrected chi connectivity index (χ0v) is 14.2. The number of imidazole rings is 1. The minimum absolute atomic E-state index is 0.0444. The molecule has 0 atom stereocenters. The number of hydrogen-bond acceptors (Lipinski definition) is 5. The lowest BCUT2D eigenvalue weighted by molar-refractivity contribution is -0.141. The molecule has 6 nitrogen and oxygen atoms in total. The normalized spacial score (nSPS) is 14.8. The highest BCUT2D eigenvalue weighted by Crippen LogP contribution is 2.33. The van der Waals surface area contributed by atoms with E-state index in [0.29, 0.717) is 6.54 Å². The molecule has 0 amide bonds. The molecule has 0 radical (unpaired) electrons. The molecule has 3 aromatic rings. The van der Waals surface area contributed by atoms with Crippen LogP contribution >= 0.6 is 23.2 Å². The second-order valence-electron chi connectivity index (χ2n) is 5.60. The standard InChI is InChI=1S/C14H8Cl2F4N6/c15-11-9(17)10-6(3-21-11)12(24-13(16)23-10)26-2-1-25-4-7(14(18,19)20)22-8(25)5-26/h3-4H,1-2,5H2. The van der Waals surface area contributed by atoms with Gasteiger partial charge < -0.3 is 9.47 Å². The molecule has 0 saturated heterocycles. The van der Waals surface area contributed by atoms with Crippen LogP contribution in [0.1, 0.15) is 11.5 Å². The Labute approximate surface area is 153 Å². The summed E-state index contributed by atoms with van der Waals surface area (Å²) in [4.78, 5) is 17.0. The summed E-state index contributed by atoms with van der Waals surface area (Å²) in [6, 6.07) is 0. The summed E-state index contributed by atoms with van der Waals surface area (Å²) in [5.41, 5.74) is -1.07. The van der Waals surface area contributed by atoms with E-state index in [-0.39, 0.29) is 46.1 Å². The van der Waals surface area contributed by atoms with E-state index in [2.05, 4.69) is 19.9 Å². The lowest BCUT2D eigenvalue weighted by Gasteiger charge is -2.29. The van der Waals surface area contributed by atoms with Crippen molar-refractivity contribution in [3.05, 3.63) is 40.2 Å². The van der Waals surface area contributed by atoms with Crippen molar-refractivity contribution in [3.63, 3.8) is 0 Å². The first kappa shape index (κ1) is 17.2. The molecule has 1 aliphatic rings. The van der Waals surface area contributed by atoms with E-state index < -0.39 is 17.7 Å². The van der Waals surface area contributed by atoms with Gasteiger partial charge in [0, 0.05) is 25.5 Å². The molecule has 0 bridgehead atoms. The third-order valence-electron chi connectivity index (χ3n) is 3.99. The molecule has 0 aromatic carbocycles. The highest BCUT2D eigenvalue weighted by Gasteiger charge is 2.36. The second kappa shape index (κ2) is 5.92. The van der Waals surface area contributed by atoms with Gasteiger partial charge in [-0.15, -0.1) is 0 Å². The van der Waals surface area contributed by atoms with Crippen molar-refractivity contribution in [2.24, 2.45) is 0 Å². The monoisotopic (exact) mass is 406 g/mol. The predicted molar refractivity (Wildman–Crippen MR) is 85.6 cm³/mol. The van der Waals surface area contributed by atoms with Crippen LogP contribution in [0.5, 0.6) is 0 Å². The van der Waals surface area contributed by atoms with Crippen LogP contribution in [0.3, 0.4) is 0 Å². The Morgan fingerprint density at radius 2 is 1.85 bits per heavy atom. The molecule has 0 unspecified atom stereocenters. The zero-order chi connectivity index (χ0) is 18.6. The third-order valence-corrected chi connectivity index (χ3v) is 4.42. The SMILES string of the molecule is Fc1c(Cl)ncc2c(N3CCn4cc(C(F)(F)F)nc4C3)nc(Cl)nc12. The Kier molecular flexibility index (Phi) is 3.92. The Bertz CT molecular complexity index is 1020. The minimum Gasteiger partial charge on any atom is -0.347 e. The van der Waals surface area contributed by atoms with Crippen LogP contribution in [-0.2, 0) is 19.3 Å². The second-order valence-corrected chi connectivity index (χ2v) is 6.29. The molecule has 0 fully saturated rings. The first-order valence-electron chi connectivity index (χ1n) is 7.29. The van der Waals surface area contributed by atoms with Gasteiger partial charge in [-0.05, 0) is 11.6 Å². The van der Waals surface area contributed by atoms with Crippen LogP contribution in [0.15, 0.2) is 12.4 Å². The summed E-state index contributed by atoms with van der Waals surface area (Å²) in [5.74, 6) is -0.368. The Balaban J connectivity index is 1.78. The van der Waals surface area contributed by atoms with Gasteiger partial charge in [0.25, 0.3) is 0 Å². The lowest BCUT2D eigenvalue weighted by atomic mass is 10.2. The van der Waals surface area contributed by atoms with Crippen LogP contribution in [-0.4, -0.2) is 31.0 Å². The number of anilines is 1. The van der Waals surface area contributed by atoms with Crippen molar-refractivity contribution >= 4 is 39.9 Å². The third kappa shape index (κ3) is 2.82. The van der Waals surface area contributed by atoms with Crippen LogP contribution < -0.4 is 4.90 Å². The highest BCUT2D eigenvalue weighted by molar-refractivity contribution is 6.30. The fourth-order valence-electron chi connectivity index (χ4n) is 2.80. The fourth-order valence-corrected chi connectivity index (χ4v) is 3.11. The number of fused-ring (bicyclic) bond motifs is 2. The van der Waals surface area contributed by atoms with Gasteiger partial charge in [-0.3, -0.25) is 0 Å². The quantitative estimate of drug-likeness (QED) is 0.350. The molecular formula is C14H8Cl2F4N6. The largest absolute Gasteiger partial charge is 0.434 e. The van der Waals surface area contributed by atoms with E-state index in [9.17, 15) is 17.6 Å². The number of nitrogens with zero attached hydrogens (tertiary/aromatic N) is 6. The van der Waals surface area contributed by atoms with E-state index in [1.165, 1.54) is 10.8 Å². The van der Waals surface area contributed by atoms with Crippen molar-refractivity contribution in [1.82, 2.24) is 24.5 Å². The first-order valence-corrected chi connectivity index (χ1v) is 8.05. The average Bonchev–Trinajstić information content (AvgIpc) is 3.01. The molecule has 1 aliphatic heterocycles. The highest BCUT2D eigenvalue weighted by atomic mass is 35.5. The van der Waals surface area contributed by atoms with Crippen molar-refractivity contribution in [2.45, 2.75) is 19.3 Å². The topological polar surface area (TPSA) is 59.7 Å². The molecule has 0 spiro atoms. The molecule has 4 rings (SSSR count). The molecule has 26 heavy (non-hydrogen) atoms. The molecule has 0 N–H and O–H groups in total. The van der Waals surface area contributed by atoms with Gasteiger partial charge in [0.1, 0.15) is 17.2 Å². The van der Waals surface area contributed by atoms with Gasteiger partial charge >= 0.3 is 6.18 Å². The van der Waals surface area contributed by atoms with Crippen LogP contribution in [0.4, 0.5) is 23.4 Å². The molecular weight excluding hydrogens is 399 g/mol. The molecule has 12 heteroatoms. The van der Waals surface area contributed by atoms with Gasteiger partial charge in [0.15, 0.2) is 16.7 Å². The minimum atomic E-state index is -4.52. The number of rotatable bonds is 1. The number of aromatic nitrogens is 5. The van der Waals surface area contributed by atoms with Gasteiger partial charge in [-0.2, -0.15) is 18.2 Å². The maximum absolute atomic E-state index is 14.2.